The molecule has 3 heteroatoms. The van der Waals surface area contributed by atoms with Crippen molar-refractivity contribution in [2.24, 2.45) is 12.8 Å². The first-order valence-corrected chi connectivity index (χ1v) is 6.53. The van der Waals surface area contributed by atoms with Gasteiger partial charge in [0.25, 0.3) is 0 Å². The van der Waals surface area contributed by atoms with Crippen LogP contribution >= 0.6 is 11.3 Å². The Balaban J connectivity index is 2.18. The van der Waals surface area contributed by atoms with Gasteiger partial charge in [0.15, 0.2) is 0 Å². The molecule has 1 atom stereocenters. The van der Waals surface area contributed by atoms with Crippen LogP contribution in [0.1, 0.15) is 17.2 Å². The molecular weight excluding hydrogens is 228 g/mol. The molecule has 0 aliphatic rings. The summed E-state index contributed by atoms with van der Waals surface area (Å²) in [5, 5.41) is 5.43. The maximum atomic E-state index is 6.33. The van der Waals surface area contributed by atoms with E-state index in [-0.39, 0.29) is 6.04 Å². The van der Waals surface area contributed by atoms with Gasteiger partial charge in [0.05, 0.1) is 6.04 Å². The summed E-state index contributed by atoms with van der Waals surface area (Å²) < 4.78 is 2.14. The highest BCUT2D eigenvalue weighted by atomic mass is 32.1. The lowest BCUT2D eigenvalue weighted by Crippen LogP contribution is -2.10. The largest absolute Gasteiger partial charge is 0.350 e. The summed E-state index contributed by atoms with van der Waals surface area (Å²) in [6, 6.07) is 10.4. The van der Waals surface area contributed by atoms with Gasteiger partial charge in [-0.3, -0.25) is 0 Å². The predicted octanol–water partition coefficient (Wildman–Crippen LogP) is 3.29. The van der Waals surface area contributed by atoms with E-state index in [9.17, 15) is 0 Å². The first kappa shape index (κ1) is 10.6. The first-order chi connectivity index (χ1) is 8.27. The van der Waals surface area contributed by atoms with Gasteiger partial charge in [-0.05, 0) is 34.0 Å². The van der Waals surface area contributed by atoms with Gasteiger partial charge in [0.1, 0.15) is 0 Å². The molecule has 3 aromatic rings. The Bertz CT molecular complexity index is 637. The Labute approximate surface area is 104 Å². The van der Waals surface area contributed by atoms with Crippen LogP contribution in [0.15, 0.2) is 47.3 Å². The normalized spacial score (nSPS) is 13.1. The number of nitrogens with zero attached hydrogens (tertiary/aromatic N) is 1. The molecule has 0 fully saturated rings. The maximum Gasteiger partial charge on any atom is 0.0581 e. The molecule has 0 aliphatic carbocycles. The molecular formula is C14H14N2S. The first-order valence-electron chi connectivity index (χ1n) is 5.59. The van der Waals surface area contributed by atoms with Crippen molar-refractivity contribution < 1.29 is 0 Å². The molecule has 2 aromatic heterocycles. The van der Waals surface area contributed by atoms with Crippen molar-refractivity contribution >= 4 is 22.2 Å². The molecule has 0 bridgehead atoms. The monoisotopic (exact) mass is 242 g/mol. The zero-order valence-electron chi connectivity index (χ0n) is 9.63. The van der Waals surface area contributed by atoms with Crippen LogP contribution in [0.5, 0.6) is 0 Å². The van der Waals surface area contributed by atoms with E-state index in [1.807, 2.05) is 0 Å². The van der Waals surface area contributed by atoms with Crippen LogP contribution in [0.4, 0.5) is 0 Å². The standard InChI is InChI=1S/C14H14N2S/c1-16-8-12(11-4-2-3-5-13(11)16)14(15)10-6-7-17-9-10/h2-9,14H,15H2,1H3/t14-/m0/s1. The van der Waals surface area contributed by atoms with E-state index in [4.69, 9.17) is 5.73 Å². The average molecular weight is 242 g/mol. The van der Waals surface area contributed by atoms with Gasteiger partial charge in [-0.25, -0.2) is 0 Å². The zero-order chi connectivity index (χ0) is 11.8. The van der Waals surface area contributed by atoms with Crippen molar-refractivity contribution in [3.05, 3.63) is 58.4 Å². The molecule has 0 saturated heterocycles. The molecule has 0 aliphatic heterocycles. The molecule has 0 spiro atoms. The fourth-order valence-electron chi connectivity index (χ4n) is 2.25. The number of thiophene rings is 1. The fourth-order valence-corrected chi connectivity index (χ4v) is 2.95. The molecule has 86 valence electrons. The fraction of sp³-hybridized carbons (Fsp3) is 0.143. The van der Waals surface area contributed by atoms with Gasteiger partial charge in [-0.2, -0.15) is 11.3 Å². The van der Waals surface area contributed by atoms with Gasteiger partial charge >= 0.3 is 0 Å². The summed E-state index contributed by atoms with van der Waals surface area (Å²) in [6.07, 6.45) is 2.13. The zero-order valence-corrected chi connectivity index (χ0v) is 10.4. The Kier molecular flexibility index (Phi) is 2.50. The Hall–Kier alpha value is -1.58. The van der Waals surface area contributed by atoms with Crippen LogP contribution in [0, 0.1) is 0 Å². The summed E-state index contributed by atoms with van der Waals surface area (Å²) in [6.45, 7) is 0. The van der Waals surface area contributed by atoms with Gasteiger partial charge in [0.2, 0.25) is 0 Å². The van der Waals surface area contributed by atoms with Gasteiger partial charge < -0.3 is 10.3 Å². The number of hydrogen-bond donors (Lipinski definition) is 1. The molecule has 0 amide bonds. The average Bonchev–Trinajstić information content (AvgIpc) is 2.97. The van der Waals surface area contributed by atoms with E-state index in [0.29, 0.717) is 0 Å². The molecule has 0 saturated carbocycles. The van der Waals surface area contributed by atoms with E-state index < -0.39 is 0 Å². The van der Waals surface area contributed by atoms with Crippen LogP contribution in [0.3, 0.4) is 0 Å². The highest BCUT2D eigenvalue weighted by Gasteiger charge is 2.14. The summed E-state index contributed by atoms with van der Waals surface area (Å²) in [4.78, 5) is 0. The summed E-state index contributed by atoms with van der Waals surface area (Å²) in [5.41, 5.74) is 9.95. The minimum atomic E-state index is -0.0349. The Morgan fingerprint density at radius 3 is 2.82 bits per heavy atom. The molecule has 3 rings (SSSR count). The topological polar surface area (TPSA) is 30.9 Å². The highest BCUT2D eigenvalue weighted by molar-refractivity contribution is 7.08. The second kappa shape index (κ2) is 4.02. The number of benzene rings is 1. The highest BCUT2D eigenvalue weighted by Crippen LogP contribution is 2.29. The SMILES string of the molecule is Cn1cc([C@@H](N)c2ccsc2)c2ccccc21. The number of aryl methyl sites for hydroxylation is 1. The van der Waals surface area contributed by atoms with Crippen molar-refractivity contribution in [1.29, 1.82) is 0 Å². The van der Waals surface area contributed by atoms with E-state index in [1.165, 1.54) is 22.0 Å². The number of hydrogen-bond acceptors (Lipinski definition) is 2. The number of para-hydroxylation sites is 1. The lowest BCUT2D eigenvalue weighted by molar-refractivity contribution is 0.866. The van der Waals surface area contributed by atoms with Crippen molar-refractivity contribution in [3.63, 3.8) is 0 Å². The second-order valence-corrected chi connectivity index (χ2v) is 5.03. The molecule has 0 radical (unpaired) electrons. The minimum absolute atomic E-state index is 0.0349. The molecule has 0 unspecified atom stereocenters. The minimum Gasteiger partial charge on any atom is -0.350 e. The van der Waals surface area contributed by atoms with Crippen LogP contribution in [0.25, 0.3) is 10.9 Å². The molecule has 2 N–H and O–H groups in total. The van der Waals surface area contributed by atoms with Gasteiger partial charge in [-0.15, -0.1) is 0 Å². The third-order valence-corrected chi connectivity index (χ3v) is 3.87. The predicted molar refractivity (Wildman–Crippen MR) is 73.3 cm³/mol. The molecule has 17 heavy (non-hydrogen) atoms. The van der Waals surface area contributed by atoms with Crippen molar-refractivity contribution in [2.45, 2.75) is 6.04 Å². The van der Waals surface area contributed by atoms with Crippen LogP contribution in [0.2, 0.25) is 0 Å². The van der Waals surface area contributed by atoms with Crippen molar-refractivity contribution in [1.82, 2.24) is 4.57 Å². The van der Waals surface area contributed by atoms with E-state index in [1.54, 1.807) is 11.3 Å². The van der Waals surface area contributed by atoms with E-state index in [2.05, 4.69) is 58.9 Å². The van der Waals surface area contributed by atoms with Crippen LogP contribution in [-0.2, 0) is 7.05 Å². The van der Waals surface area contributed by atoms with Gasteiger partial charge in [0, 0.05) is 24.1 Å². The van der Waals surface area contributed by atoms with E-state index in [0.717, 1.165) is 0 Å². The summed E-state index contributed by atoms with van der Waals surface area (Å²) in [7, 11) is 2.06. The summed E-state index contributed by atoms with van der Waals surface area (Å²) in [5.74, 6) is 0. The quantitative estimate of drug-likeness (QED) is 0.734. The summed E-state index contributed by atoms with van der Waals surface area (Å²) >= 11 is 1.69. The van der Waals surface area contributed by atoms with Crippen LogP contribution in [-0.4, -0.2) is 4.57 Å². The maximum absolute atomic E-state index is 6.33. The van der Waals surface area contributed by atoms with Gasteiger partial charge in [-0.1, -0.05) is 18.2 Å². The molecule has 2 nitrogen and oxygen atoms in total. The van der Waals surface area contributed by atoms with Crippen molar-refractivity contribution in [3.8, 4) is 0 Å². The number of fused-ring (bicyclic) bond motifs is 1. The number of nitrogens with two attached hydrogens (primary N) is 1. The molecule has 1 aromatic carbocycles. The van der Waals surface area contributed by atoms with Crippen LogP contribution < -0.4 is 5.73 Å². The Morgan fingerprint density at radius 1 is 1.24 bits per heavy atom. The second-order valence-electron chi connectivity index (χ2n) is 4.25. The lowest BCUT2D eigenvalue weighted by Gasteiger charge is -2.08. The number of rotatable bonds is 2. The molecule has 2 heterocycles. The third-order valence-electron chi connectivity index (χ3n) is 3.17. The lowest BCUT2D eigenvalue weighted by atomic mass is 10.0. The third kappa shape index (κ3) is 1.68. The number of aromatic nitrogens is 1. The Morgan fingerprint density at radius 2 is 2.06 bits per heavy atom. The van der Waals surface area contributed by atoms with E-state index >= 15 is 0 Å². The van der Waals surface area contributed by atoms with Crippen molar-refractivity contribution in [2.75, 3.05) is 0 Å². The smallest absolute Gasteiger partial charge is 0.0581 e.